The van der Waals surface area contributed by atoms with Crippen molar-refractivity contribution in [3.8, 4) is 28.7 Å². The number of rotatable bonds is 6. The maximum atomic E-state index is 15.2. The largest absolute Gasteiger partial charge is 0.480 e. The predicted molar refractivity (Wildman–Crippen MR) is 145 cm³/mol. The fraction of sp³-hybridized carbons (Fsp3) is 0.357. The SMILES string of the molecule is COc1ncnc(C2CC2)c1-c1ncc2c(n1)N(Cc1ccc(-c3nc(C(F)(F)F)cn3C)cc1)CC(F)(F)C(=O)N2C. The molecule has 1 fully saturated rings. The molecule has 0 saturated heterocycles. The number of fused-ring (bicyclic) bond motifs is 1. The number of aromatic nitrogens is 6. The average Bonchev–Trinajstić information content (AvgIpc) is 3.76. The number of alkyl halides is 5. The summed E-state index contributed by atoms with van der Waals surface area (Å²) in [5.41, 5.74) is 1.17. The third-order valence-electron chi connectivity index (χ3n) is 7.39. The van der Waals surface area contributed by atoms with E-state index in [-0.39, 0.29) is 41.5 Å². The second-order valence-electron chi connectivity index (χ2n) is 10.5. The number of benzene rings is 1. The van der Waals surface area contributed by atoms with E-state index >= 15 is 8.78 Å². The molecule has 1 aliphatic carbocycles. The van der Waals surface area contributed by atoms with E-state index in [9.17, 15) is 18.0 Å². The number of halogens is 5. The quantitative estimate of drug-likeness (QED) is 0.290. The Morgan fingerprint density at radius 3 is 2.40 bits per heavy atom. The van der Waals surface area contributed by atoms with Gasteiger partial charge in [0.05, 0.1) is 25.5 Å². The van der Waals surface area contributed by atoms with E-state index < -0.39 is 30.2 Å². The molecule has 0 N–H and O–H groups in total. The third kappa shape index (κ3) is 5.23. The molecule has 6 rings (SSSR count). The minimum atomic E-state index is -4.60. The minimum absolute atomic E-state index is 0.0824. The van der Waals surface area contributed by atoms with Gasteiger partial charge in [-0.05, 0) is 18.4 Å². The number of methoxy groups -OCH3 is 1. The molecule has 0 spiro atoms. The summed E-state index contributed by atoms with van der Waals surface area (Å²) in [4.78, 5) is 36.2. The van der Waals surface area contributed by atoms with Crippen LogP contribution in [0.15, 0.2) is 43.0 Å². The van der Waals surface area contributed by atoms with Crippen molar-refractivity contribution in [2.75, 3.05) is 30.5 Å². The number of nitrogens with zero attached hydrogens (tertiary/aromatic N) is 8. The lowest BCUT2D eigenvalue weighted by Gasteiger charge is -2.25. The summed E-state index contributed by atoms with van der Waals surface area (Å²) >= 11 is 0. The number of imidazole rings is 1. The first-order chi connectivity index (χ1) is 20.4. The second-order valence-corrected chi connectivity index (χ2v) is 10.5. The topological polar surface area (TPSA) is 102 Å². The van der Waals surface area contributed by atoms with Gasteiger partial charge in [0, 0.05) is 38.3 Å². The van der Waals surface area contributed by atoms with Crippen molar-refractivity contribution in [2.45, 2.75) is 37.4 Å². The van der Waals surface area contributed by atoms with Gasteiger partial charge >= 0.3 is 12.1 Å². The first kappa shape index (κ1) is 28.4. The summed E-state index contributed by atoms with van der Waals surface area (Å²) in [5, 5.41) is 0. The van der Waals surface area contributed by atoms with Crippen molar-refractivity contribution in [3.63, 3.8) is 0 Å². The zero-order valence-corrected chi connectivity index (χ0v) is 23.2. The summed E-state index contributed by atoms with van der Waals surface area (Å²) in [7, 11) is 4.14. The van der Waals surface area contributed by atoms with Crippen molar-refractivity contribution in [1.82, 2.24) is 29.5 Å². The van der Waals surface area contributed by atoms with Crippen LogP contribution in [0, 0.1) is 0 Å². The Hall–Kier alpha value is -4.69. The van der Waals surface area contributed by atoms with Crippen LogP contribution in [0.25, 0.3) is 22.8 Å². The number of carbonyl (C=O) groups excluding carboxylic acids is 1. The highest BCUT2D eigenvalue weighted by Crippen LogP contribution is 2.46. The predicted octanol–water partition coefficient (Wildman–Crippen LogP) is 4.86. The molecule has 0 unspecified atom stereocenters. The van der Waals surface area contributed by atoms with Gasteiger partial charge in [-0.15, -0.1) is 0 Å². The Kier molecular flexibility index (Phi) is 6.77. The monoisotopic (exact) mass is 600 g/mol. The highest BCUT2D eigenvalue weighted by atomic mass is 19.4. The molecule has 43 heavy (non-hydrogen) atoms. The molecule has 4 heterocycles. The van der Waals surface area contributed by atoms with Crippen LogP contribution in [0.2, 0.25) is 0 Å². The van der Waals surface area contributed by atoms with Crippen LogP contribution in [0.4, 0.5) is 33.5 Å². The molecule has 0 bridgehead atoms. The standard InChI is InChI=1S/C28H25F5N8O2/c1-39-12-19(28(31,32)33)37-23(39)17-6-4-15(5-7-17)11-41-13-27(29,30)26(42)40(2)18-10-34-22(38-24(18)41)20-21(16-8-9-16)35-14-36-25(20)43-3/h4-7,10,12,14,16H,8-9,11,13H2,1-3H3. The highest BCUT2D eigenvalue weighted by molar-refractivity contribution is 6.02. The van der Waals surface area contributed by atoms with Crippen molar-refractivity contribution in [1.29, 1.82) is 0 Å². The van der Waals surface area contributed by atoms with Gasteiger partial charge in [-0.25, -0.2) is 24.9 Å². The molecule has 4 aromatic rings. The maximum absolute atomic E-state index is 15.2. The molecule has 1 saturated carbocycles. The lowest BCUT2D eigenvalue weighted by molar-refractivity contribution is -0.141. The smallest absolute Gasteiger partial charge is 0.434 e. The number of anilines is 2. The van der Waals surface area contributed by atoms with Crippen molar-refractivity contribution in [3.05, 3.63) is 59.9 Å². The Morgan fingerprint density at radius 1 is 1.05 bits per heavy atom. The van der Waals surface area contributed by atoms with E-state index in [2.05, 4.69) is 24.9 Å². The molecular weight excluding hydrogens is 575 g/mol. The Balaban J connectivity index is 1.39. The Labute approximate surface area is 242 Å². The molecule has 3 aromatic heterocycles. The summed E-state index contributed by atoms with van der Waals surface area (Å²) in [6.45, 7) is -1.06. The number of ether oxygens (including phenoxy) is 1. The van der Waals surface area contributed by atoms with E-state index in [0.29, 0.717) is 22.4 Å². The fourth-order valence-electron chi connectivity index (χ4n) is 5.09. The summed E-state index contributed by atoms with van der Waals surface area (Å²) in [5.74, 6) is -4.39. The fourth-order valence-corrected chi connectivity index (χ4v) is 5.09. The van der Waals surface area contributed by atoms with Crippen LogP contribution in [0.1, 0.15) is 35.7 Å². The molecule has 224 valence electrons. The van der Waals surface area contributed by atoms with Crippen LogP contribution < -0.4 is 14.5 Å². The zero-order chi connectivity index (χ0) is 30.7. The van der Waals surface area contributed by atoms with Gasteiger partial charge in [0.1, 0.15) is 23.4 Å². The maximum Gasteiger partial charge on any atom is 0.434 e. The zero-order valence-electron chi connectivity index (χ0n) is 23.2. The van der Waals surface area contributed by atoms with E-state index in [0.717, 1.165) is 23.9 Å². The van der Waals surface area contributed by atoms with Crippen LogP contribution in [-0.2, 0) is 24.6 Å². The molecule has 0 atom stereocenters. The van der Waals surface area contributed by atoms with Crippen LogP contribution >= 0.6 is 0 Å². The van der Waals surface area contributed by atoms with Crippen molar-refractivity contribution < 1.29 is 31.5 Å². The van der Waals surface area contributed by atoms with E-state index in [4.69, 9.17) is 4.74 Å². The van der Waals surface area contributed by atoms with Crippen LogP contribution in [0.3, 0.4) is 0 Å². The number of amides is 1. The lowest BCUT2D eigenvalue weighted by atomic mass is 10.1. The number of hydrogen-bond donors (Lipinski definition) is 0. The summed E-state index contributed by atoms with van der Waals surface area (Å²) in [6, 6.07) is 6.33. The van der Waals surface area contributed by atoms with Gasteiger partial charge in [0.25, 0.3) is 5.91 Å². The van der Waals surface area contributed by atoms with Crippen molar-refractivity contribution >= 4 is 17.4 Å². The lowest BCUT2D eigenvalue weighted by Crippen LogP contribution is -2.46. The summed E-state index contributed by atoms with van der Waals surface area (Å²) in [6.07, 6.45) is 0.833. The van der Waals surface area contributed by atoms with Gasteiger partial charge < -0.3 is 19.1 Å². The Morgan fingerprint density at radius 2 is 1.77 bits per heavy atom. The van der Waals surface area contributed by atoms with Gasteiger partial charge in [-0.3, -0.25) is 4.79 Å². The van der Waals surface area contributed by atoms with Gasteiger partial charge in [0.15, 0.2) is 17.3 Å². The molecule has 1 amide bonds. The normalized spacial score (nSPS) is 16.7. The summed E-state index contributed by atoms with van der Waals surface area (Å²) < 4.78 is 76.5. The van der Waals surface area contributed by atoms with E-state index in [1.165, 1.54) is 43.2 Å². The first-order valence-electron chi connectivity index (χ1n) is 13.2. The molecule has 1 aliphatic heterocycles. The van der Waals surface area contributed by atoms with Gasteiger partial charge in [-0.1, -0.05) is 24.3 Å². The highest BCUT2D eigenvalue weighted by Gasteiger charge is 2.47. The molecular formula is C28H25F5N8O2. The molecule has 2 aliphatic rings. The van der Waals surface area contributed by atoms with Crippen LogP contribution in [-0.4, -0.2) is 62.0 Å². The van der Waals surface area contributed by atoms with Crippen molar-refractivity contribution in [2.24, 2.45) is 7.05 Å². The molecule has 15 heteroatoms. The van der Waals surface area contributed by atoms with Crippen LogP contribution in [0.5, 0.6) is 5.88 Å². The molecule has 10 nitrogen and oxygen atoms in total. The number of hydrogen-bond acceptors (Lipinski definition) is 8. The second kappa shape index (κ2) is 10.2. The minimum Gasteiger partial charge on any atom is -0.480 e. The first-order valence-corrected chi connectivity index (χ1v) is 13.2. The number of aryl methyl sites for hydroxylation is 1. The van der Waals surface area contributed by atoms with E-state index in [1.54, 1.807) is 24.3 Å². The van der Waals surface area contributed by atoms with Gasteiger partial charge in [-0.2, -0.15) is 22.0 Å². The van der Waals surface area contributed by atoms with E-state index in [1.807, 2.05) is 0 Å². The molecule has 0 radical (unpaired) electrons. The number of carbonyl (C=O) groups is 1. The Bertz CT molecular complexity index is 1700. The average molecular weight is 601 g/mol. The third-order valence-corrected chi connectivity index (χ3v) is 7.39. The van der Waals surface area contributed by atoms with Gasteiger partial charge in [0.2, 0.25) is 5.88 Å². The molecule has 1 aromatic carbocycles.